The van der Waals surface area contributed by atoms with Crippen LogP contribution < -0.4 is 0 Å². The van der Waals surface area contributed by atoms with Crippen molar-refractivity contribution in [3.8, 4) is 0 Å². The third-order valence-electron chi connectivity index (χ3n) is 3.10. The molecule has 0 aliphatic heterocycles. The van der Waals surface area contributed by atoms with Gasteiger partial charge in [0.2, 0.25) is 0 Å². The van der Waals surface area contributed by atoms with E-state index in [1.807, 2.05) is 0 Å². The molecule has 0 amide bonds. The van der Waals surface area contributed by atoms with Gasteiger partial charge in [0.05, 0.1) is 20.1 Å². The number of thiazole rings is 1. The molecule has 0 aliphatic rings. The van der Waals surface area contributed by atoms with Crippen LogP contribution in [0, 0.1) is 20.2 Å². The van der Waals surface area contributed by atoms with Crippen LogP contribution in [-0.4, -0.2) is 14.8 Å². The van der Waals surface area contributed by atoms with Crippen molar-refractivity contribution >= 4 is 45.1 Å². The van der Waals surface area contributed by atoms with Crippen molar-refractivity contribution in [2.24, 2.45) is 0 Å². The molecule has 114 valence electrons. The molecule has 0 N–H and O–H groups in total. The molecule has 1 heterocycles. The summed E-state index contributed by atoms with van der Waals surface area (Å²) in [5.41, 5.74) is 1.41. The zero-order chi connectivity index (χ0) is 16.4. The monoisotopic (exact) mass is 327 g/mol. The molecule has 1 aromatic heterocycles. The van der Waals surface area contributed by atoms with Gasteiger partial charge in [-0.1, -0.05) is 18.2 Å². The lowest BCUT2D eigenvalue weighted by Crippen LogP contribution is -1.87. The number of rotatable bonds is 4. The summed E-state index contributed by atoms with van der Waals surface area (Å²) >= 11 is 1.32. The van der Waals surface area contributed by atoms with E-state index in [0.29, 0.717) is 16.1 Å². The van der Waals surface area contributed by atoms with E-state index in [1.54, 1.807) is 30.4 Å². The van der Waals surface area contributed by atoms with Crippen LogP contribution in [0.2, 0.25) is 0 Å². The van der Waals surface area contributed by atoms with E-state index in [-0.39, 0.29) is 11.4 Å². The molecular weight excluding hydrogens is 318 g/mol. The Morgan fingerprint density at radius 2 is 1.70 bits per heavy atom. The molecule has 0 saturated carbocycles. The van der Waals surface area contributed by atoms with Gasteiger partial charge >= 0.3 is 0 Å². The predicted molar refractivity (Wildman–Crippen MR) is 88.3 cm³/mol. The third kappa shape index (κ3) is 3.22. The van der Waals surface area contributed by atoms with Gasteiger partial charge in [-0.3, -0.25) is 20.2 Å². The molecule has 0 aliphatic carbocycles. The largest absolute Gasteiger partial charge is 0.270 e. The Hall–Kier alpha value is -3.13. The first-order valence-corrected chi connectivity index (χ1v) is 7.32. The lowest BCUT2D eigenvalue weighted by atomic mass is 10.2. The molecule has 2 aromatic carbocycles. The Balaban J connectivity index is 1.90. The van der Waals surface area contributed by atoms with Crippen LogP contribution in [-0.2, 0) is 0 Å². The molecule has 0 bridgehead atoms. The highest BCUT2D eigenvalue weighted by molar-refractivity contribution is 7.19. The number of benzene rings is 2. The molecular formula is C15H9N3O4S. The molecule has 0 saturated heterocycles. The Morgan fingerprint density at radius 1 is 0.957 bits per heavy atom. The van der Waals surface area contributed by atoms with Crippen molar-refractivity contribution in [1.29, 1.82) is 0 Å². The number of hydrogen-bond acceptors (Lipinski definition) is 6. The van der Waals surface area contributed by atoms with Crippen LogP contribution in [0.15, 0.2) is 42.5 Å². The lowest BCUT2D eigenvalue weighted by molar-refractivity contribution is -0.385. The zero-order valence-electron chi connectivity index (χ0n) is 11.6. The summed E-state index contributed by atoms with van der Waals surface area (Å²) in [5.74, 6) is 0. The first-order valence-electron chi connectivity index (χ1n) is 6.50. The van der Waals surface area contributed by atoms with Crippen LogP contribution in [0.4, 0.5) is 11.4 Å². The van der Waals surface area contributed by atoms with Gasteiger partial charge in [0, 0.05) is 24.3 Å². The fourth-order valence-corrected chi connectivity index (χ4v) is 2.93. The summed E-state index contributed by atoms with van der Waals surface area (Å²) in [6, 6.07) is 10.8. The van der Waals surface area contributed by atoms with Crippen molar-refractivity contribution in [1.82, 2.24) is 4.98 Å². The van der Waals surface area contributed by atoms with E-state index in [1.165, 1.54) is 35.6 Å². The number of nitro groups is 2. The van der Waals surface area contributed by atoms with E-state index in [9.17, 15) is 20.2 Å². The van der Waals surface area contributed by atoms with Crippen LogP contribution in [0.25, 0.3) is 22.4 Å². The van der Waals surface area contributed by atoms with Gasteiger partial charge in [0.25, 0.3) is 11.4 Å². The summed E-state index contributed by atoms with van der Waals surface area (Å²) in [5, 5.41) is 22.2. The first kappa shape index (κ1) is 14.8. The van der Waals surface area contributed by atoms with Gasteiger partial charge < -0.3 is 0 Å². The van der Waals surface area contributed by atoms with Crippen molar-refractivity contribution in [3.63, 3.8) is 0 Å². The SMILES string of the molecule is O=[N+]([O-])c1cccc(/C=C/c2nc3ccc([N+](=O)[O-])cc3s2)c1. The Kier molecular flexibility index (Phi) is 3.82. The average Bonchev–Trinajstić information content (AvgIpc) is 2.95. The highest BCUT2D eigenvalue weighted by Crippen LogP contribution is 2.27. The highest BCUT2D eigenvalue weighted by atomic mass is 32.1. The minimum atomic E-state index is -0.450. The van der Waals surface area contributed by atoms with Gasteiger partial charge in [-0.15, -0.1) is 11.3 Å². The fourth-order valence-electron chi connectivity index (χ4n) is 2.03. The molecule has 0 atom stereocenters. The number of hydrogen-bond donors (Lipinski definition) is 0. The molecule has 3 rings (SSSR count). The Morgan fingerprint density at radius 3 is 2.43 bits per heavy atom. The van der Waals surface area contributed by atoms with Gasteiger partial charge in [-0.05, 0) is 17.7 Å². The number of aromatic nitrogens is 1. The lowest BCUT2D eigenvalue weighted by Gasteiger charge is -1.93. The van der Waals surface area contributed by atoms with Crippen LogP contribution in [0.1, 0.15) is 10.6 Å². The molecule has 8 heteroatoms. The maximum atomic E-state index is 10.8. The van der Waals surface area contributed by atoms with Crippen molar-refractivity contribution in [3.05, 3.63) is 73.3 Å². The van der Waals surface area contributed by atoms with Crippen molar-refractivity contribution in [2.45, 2.75) is 0 Å². The van der Waals surface area contributed by atoms with Gasteiger partial charge in [-0.2, -0.15) is 0 Å². The second kappa shape index (κ2) is 5.93. The fraction of sp³-hybridized carbons (Fsp3) is 0. The van der Waals surface area contributed by atoms with E-state index >= 15 is 0 Å². The molecule has 0 fully saturated rings. The number of non-ortho nitro benzene ring substituents is 2. The van der Waals surface area contributed by atoms with E-state index in [4.69, 9.17) is 0 Å². The number of nitrogens with zero attached hydrogens (tertiary/aromatic N) is 3. The number of fused-ring (bicyclic) bond motifs is 1. The summed E-state index contributed by atoms with van der Waals surface area (Å²) < 4.78 is 0.720. The second-order valence-electron chi connectivity index (χ2n) is 4.65. The molecule has 7 nitrogen and oxygen atoms in total. The number of nitro benzene ring substituents is 2. The first-order chi connectivity index (χ1) is 11.0. The topological polar surface area (TPSA) is 99.2 Å². The average molecular weight is 327 g/mol. The van der Waals surface area contributed by atoms with E-state index in [0.717, 1.165) is 4.70 Å². The smallest absolute Gasteiger partial charge is 0.258 e. The van der Waals surface area contributed by atoms with E-state index in [2.05, 4.69) is 4.98 Å². The molecule has 0 unspecified atom stereocenters. The second-order valence-corrected chi connectivity index (χ2v) is 5.71. The minimum Gasteiger partial charge on any atom is -0.258 e. The minimum absolute atomic E-state index is 0.0204. The summed E-state index contributed by atoms with van der Waals surface area (Å²) in [4.78, 5) is 25.0. The highest BCUT2D eigenvalue weighted by Gasteiger charge is 2.09. The van der Waals surface area contributed by atoms with E-state index < -0.39 is 9.85 Å². The van der Waals surface area contributed by atoms with Crippen molar-refractivity contribution < 1.29 is 9.85 Å². The molecule has 0 spiro atoms. The maximum Gasteiger partial charge on any atom is 0.270 e. The quantitative estimate of drug-likeness (QED) is 0.526. The zero-order valence-corrected chi connectivity index (χ0v) is 12.4. The van der Waals surface area contributed by atoms with Crippen molar-refractivity contribution in [2.75, 3.05) is 0 Å². The van der Waals surface area contributed by atoms with Gasteiger partial charge in [0.1, 0.15) is 5.01 Å². The third-order valence-corrected chi connectivity index (χ3v) is 4.08. The maximum absolute atomic E-state index is 10.8. The molecule has 23 heavy (non-hydrogen) atoms. The van der Waals surface area contributed by atoms with Crippen LogP contribution in [0.5, 0.6) is 0 Å². The Labute approximate surface area is 133 Å². The van der Waals surface area contributed by atoms with Gasteiger partial charge in [-0.25, -0.2) is 4.98 Å². The summed E-state index contributed by atoms with van der Waals surface area (Å²) in [6.45, 7) is 0. The van der Waals surface area contributed by atoms with Gasteiger partial charge in [0.15, 0.2) is 0 Å². The van der Waals surface area contributed by atoms with Crippen LogP contribution >= 0.6 is 11.3 Å². The summed E-state index contributed by atoms with van der Waals surface area (Å²) in [6.07, 6.45) is 3.45. The van der Waals surface area contributed by atoms with Crippen LogP contribution in [0.3, 0.4) is 0 Å². The molecule has 3 aromatic rings. The molecule has 0 radical (unpaired) electrons. The Bertz CT molecular complexity index is 949. The predicted octanol–water partition coefficient (Wildman–Crippen LogP) is 4.28. The summed E-state index contributed by atoms with van der Waals surface area (Å²) in [7, 11) is 0. The standard InChI is InChI=1S/C15H9N3O4S/c19-17(20)11-3-1-2-10(8-11)4-7-15-16-13-6-5-12(18(21)22)9-14(13)23-15/h1-9H/b7-4+. The normalized spacial score (nSPS) is 11.1.